The molecule has 94 valence electrons. The predicted molar refractivity (Wildman–Crippen MR) is 64.3 cm³/mol. The molecule has 0 spiro atoms. The Morgan fingerprint density at radius 1 is 1.53 bits per heavy atom. The molecule has 1 heterocycles. The predicted octanol–water partition coefficient (Wildman–Crippen LogP) is 1.50. The van der Waals surface area contributed by atoms with Gasteiger partial charge in [-0.1, -0.05) is 24.3 Å². The normalized spacial score (nSPS) is 24.8. The van der Waals surface area contributed by atoms with Crippen molar-refractivity contribution in [2.75, 3.05) is 13.2 Å². The minimum atomic E-state index is -0.620. The topological polar surface area (TPSA) is 64.7 Å². The van der Waals surface area contributed by atoms with E-state index in [0.717, 1.165) is 11.1 Å². The third kappa shape index (κ3) is 2.84. The van der Waals surface area contributed by atoms with Crippen LogP contribution >= 0.6 is 0 Å². The molecule has 2 atom stereocenters. The molecule has 1 aromatic rings. The number of nitrogens with two attached hydrogens (primary N) is 1. The summed E-state index contributed by atoms with van der Waals surface area (Å²) in [6.07, 6.45) is -0.694. The van der Waals surface area contributed by atoms with E-state index in [1.807, 2.05) is 38.1 Å². The van der Waals surface area contributed by atoms with Crippen LogP contribution < -0.4 is 5.73 Å². The van der Waals surface area contributed by atoms with Crippen molar-refractivity contribution < 1.29 is 14.6 Å². The standard InChI is InChI=1S/C13H19NO3/c1-13(2)16-8-12(17-13)10-5-3-4-9(6-10)11(15)7-14/h3-6,11-12,15H,7-8,14H2,1-2H3. The summed E-state index contributed by atoms with van der Waals surface area (Å²) in [5.74, 6) is -0.535. The van der Waals surface area contributed by atoms with Crippen molar-refractivity contribution in [1.82, 2.24) is 0 Å². The maximum Gasteiger partial charge on any atom is 0.163 e. The van der Waals surface area contributed by atoms with Gasteiger partial charge in [0.05, 0.1) is 12.7 Å². The molecule has 1 fully saturated rings. The van der Waals surface area contributed by atoms with Crippen molar-refractivity contribution in [3.8, 4) is 0 Å². The van der Waals surface area contributed by atoms with E-state index in [-0.39, 0.29) is 12.6 Å². The van der Waals surface area contributed by atoms with Crippen LogP contribution in [0, 0.1) is 0 Å². The lowest BCUT2D eigenvalue weighted by Crippen LogP contribution is -2.19. The average Bonchev–Trinajstić information content (AvgIpc) is 2.69. The fraction of sp³-hybridized carbons (Fsp3) is 0.538. The van der Waals surface area contributed by atoms with Crippen LogP contribution in [0.15, 0.2) is 24.3 Å². The third-order valence-electron chi connectivity index (χ3n) is 2.90. The summed E-state index contributed by atoms with van der Waals surface area (Å²) in [5, 5.41) is 9.70. The maximum atomic E-state index is 9.70. The fourth-order valence-electron chi connectivity index (χ4n) is 1.95. The summed E-state index contributed by atoms with van der Waals surface area (Å²) in [7, 11) is 0. The highest BCUT2D eigenvalue weighted by Crippen LogP contribution is 2.33. The van der Waals surface area contributed by atoms with E-state index in [1.54, 1.807) is 0 Å². The molecule has 0 radical (unpaired) electrons. The van der Waals surface area contributed by atoms with Gasteiger partial charge in [0, 0.05) is 6.54 Å². The fourth-order valence-corrected chi connectivity index (χ4v) is 1.95. The van der Waals surface area contributed by atoms with E-state index in [9.17, 15) is 5.11 Å². The van der Waals surface area contributed by atoms with Gasteiger partial charge in [-0.05, 0) is 25.0 Å². The van der Waals surface area contributed by atoms with Crippen LogP contribution in [-0.2, 0) is 9.47 Å². The molecule has 4 nitrogen and oxygen atoms in total. The smallest absolute Gasteiger partial charge is 0.163 e. The van der Waals surface area contributed by atoms with Crippen LogP contribution in [0.2, 0.25) is 0 Å². The zero-order valence-electron chi connectivity index (χ0n) is 10.2. The van der Waals surface area contributed by atoms with E-state index in [4.69, 9.17) is 15.2 Å². The third-order valence-corrected chi connectivity index (χ3v) is 2.90. The number of rotatable bonds is 3. The van der Waals surface area contributed by atoms with Gasteiger partial charge in [0.25, 0.3) is 0 Å². The number of hydrogen-bond acceptors (Lipinski definition) is 4. The van der Waals surface area contributed by atoms with E-state index >= 15 is 0 Å². The van der Waals surface area contributed by atoms with Gasteiger partial charge in [-0.2, -0.15) is 0 Å². The molecular weight excluding hydrogens is 218 g/mol. The highest BCUT2D eigenvalue weighted by Gasteiger charge is 2.33. The molecule has 1 aliphatic rings. The zero-order valence-corrected chi connectivity index (χ0v) is 10.2. The Hall–Kier alpha value is -0.940. The number of ether oxygens (including phenoxy) is 2. The molecule has 0 aromatic heterocycles. The lowest BCUT2D eigenvalue weighted by Gasteiger charge is -2.18. The molecule has 2 unspecified atom stereocenters. The second-order valence-corrected chi connectivity index (χ2v) is 4.74. The van der Waals surface area contributed by atoms with Crippen LogP contribution in [0.25, 0.3) is 0 Å². The summed E-state index contributed by atoms with van der Waals surface area (Å²) in [4.78, 5) is 0. The molecule has 0 amide bonds. The van der Waals surface area contributed by atoms with Crippen molar-refractivity contribution in [3.05, 3.63) is 35.4 Å². The number of benzene rings is 1. The molecule has 0 bridgehead atoms. The molecule has 17 heavy (non-hydrogen) atoms. The van der Waals surface area contributed by atoms with Gasteiger partial charge in [0.2, 0.25) is 0 Å². The minimum absolute atomic E-state index is 0.0741. The first-order valence-corrected chi connectivity index (χ1v) is 5.81. The molecular formula is C13H19NO3. The molecule has 2 rings (SSSR count). The number of hydrogen-bond donors (Lipinski definition) is 2. The Kier molecular flexibility index (Phi) is 3.49. The van der Waals surface area contributed by atoms with Gasteiger partial charge >= 0.3 is 0 Å². The molecule has 3 N–H and O–H groups in total. The molecule has 4 heteroatoms. The first-order chi connectivity index (χ1) is 8.02. The second kappa shape index (κ2) is 4.74. The van der Waals surface area contributed by atoms with Gasteiger partial charge in [-0.3, -0.25) is 0 Å². The average molecular weight is 237 g/mol. The van der Waals surface area contributed by atoms with Gasteiger partial charge < -0.3 is 20.3 Å². The van der Waals surface area contributed by atoms with Crippen LogP contribution in [0.3, 0.4) is 0 Å². The van der Waals surface area contributed by atoms with E-state index in [2.05, 4.69) is 0 Å². The molecule has 0 aliphatic carbocycles. The second-order valence-electron chi connectivity index (χ2n) is 4.74. The lowest BCUT2D eigenvalue weighted by molar-refractivity contribution is -0.139. The van der Waals surface area contributed by atoms with Crippen LogP contribution in [0.4, 0.5) is 0 Å². The Balaban J connectivity index is 2.17. The van der Waals surface area contributed by atoms with Crippen LogP contribution in [0.5, 0.6) is 0 Å². The summed E-state index contributed by atoms with van der Waals surface area (Å²) >= 11 is 0. The van der Waals surface area contributed by atoms with E-state index in [0.29, 0.717) is 6.61 Å². The van der Waals surface area contributed by atoms with Gasteiger partial charge in [-0.15, -0.1) is 0 Å². The molecule has 1 saturated heterocycles. The Bertz CT molecular complexity index is 392. The molecule has 0 saturated carbocycles. The highest BCUT2D eigenvalue weighted by atomic mass is 16.7. The Labute approximate surface area is 101 Å². The zero-order chi connectivity index (χ0) is 12.5. The van der Waals surface area contributed by atoms with Crippen LogP contribution in [-0.4, -0.2) is 24.0 Å². The number of aliphatic hydroxyl groups is 1. The van der Waals surface area contributed by atoms with Crippen molar-refractivity contribution in [2.45, 2.75) is 31.8 Å². The summed E-state index contributed by atoms with van der Waals surface area (Å²) in [6.45, 7) is 4.54. The monoisotopic (exact) mass is 237 g/mol. The summed E-state index contributed by atoms with van der Waals surface area (Å²) in [5.41, 5.74) is 7.28. The van der Waals surface area contributed by atoms with Crippen molar-refractivity contribution >= 4 is 0 Å². The minimum Gasteiger partial charge on any atom is -0.387 e. The molecule has 1 aromatic carbocycles. The SMILES string of the molecule is CC1(C)OCC(c2cccc(C(O)CN)c2)O1. The maximum absolute atomic E-state index is 9.70. The Morgan fingerprint density at radius 2 is 2.29 bits per heavy atom. The highest BCUT2D eigenvalue weighted by molar-refractivity contribution is 5.27. The van der Waals surface area contributed by atoms with Gasteiger partial charge in [0.15, 0.2) is 5.79 Å². The molecule has 1 aliphatic heterocycles. The van der Waals surface area contributed by atoms with Crippen molar-refractivity contribution in [2.24, 2.45) is 5.73 Å². The van der Waals surface area contributed by atoms with Gasteiger partial charge in [-0.25, -0.2) is 0 Å². The first kappa shape index (κ1) is 12.5. The van der Waals surface area contributed by atoms with Crippen molar-refractivity contribution in [1.29, 1.82) is 0 Å². The summed E-state index contributed by atoms with van der Waals surface area (Å²) < 4.78 is 11.3. The first-order valence-electron chi connectivity index (χ1n) is 5.81. The Morgan fingerprint density at radius 3 is 2.88 bits per heavy atom. The largest absolute Gasteiger partial charge is 0.387 e. The number of aliphatic hydroxyl groups excluding tert-OH is 1. The summed E-state index contributed by atoms with van der Waals surface area (Å²) in [6, 6.07) is 7.66. The van der Waals surface area contributed by atoms with Crippen LogP contribution in [0.1, 0.15) is 37.2 Å². The quantitative estimate of drug-likeness (QED) is 0.836. The van der Waals surface area contributed by atoms with E-state index < -0.39 is 11.9 Å². The van der Waals surface area contributed by atoms with Crippen molar-refractivity contribution in [3.63, 3.8) is 0 Å². The van der Waals surface area contributed by atoms with E-state index in [1.165, 1.54) is 0 Å². The van der Waals surface area contributed by atoms with Gasteiger partial charge in [0.1, 0.15) is 6.10 Å². The lowest BCUT2D eigenvalue weighted by atomic mass is 10.0.